The van der Waals surface area contributed by atoms with E-state index in [1.807, 2.05) is 0 Å². The van der Waals surface area contributed by atoms with Crippen LogP contribution in [0.5, 0.6) is 5.88 Å². The van der Waals surface area contributed by atoms with Gasteiger partial charge in [0, 0.05) is 55.7 Å². The van der Waals surface area contributed by atoms with Gasteiger partial charge in [-0.2, -0.15) is 0 Å². The highest BCUT2D eigenvalue weighted by molar-refractivity contribution is 5.94. The first-order chi connectivity index (χ1) is 12.6. The van der Waals surface area contributed by atoms with Gasteiger partial charge in [0.05, 0.1) is 19.1 Å². The number of hydrogen-bond donors (Lipinski definition) is 1. The molecule has 0 unspecified atom stereocenters. The van der Waals surface area contributed by atoms with Crippen molar-refractivity contribution in [3.8, 4) is 5.88 Å². The molecule has 0 aromatic carbocycles. The molecular formula is C19H25N5O2. The number of pyridine rings is 1. The van der Waals surface area contributed by atoms with Crippen LogP contribution in [-0.2, 0) is 6.54 Å². The van der Waals surface area contributed by atoms with Gasteiger partial charge in [0.2, 0.25) is 5.88 Å². The van der Waals surface area contributed by atoms with Gasteiger partial charge < -0.3 is 14.6 Å². The SMILES string of the molecule is COc1cc(C(=O)N2C[C@H]3CC[C@@H]2CN(Cc2nc[nH]c2C)C3)ccn1. The monoisotopic (exact) mass is 355 g/mol. The molecule has 3 aliphatic rings. The number of aryl methyl sites for hydroxylation is 1. The van der Waals surface area contributed by atoms with Crippen molar-refractivity contribution >= 4 is 5.91 Å². The third-order valence-electron chi connectivity index (χ3n) is 5.55. The van der Waals surface area contributed by atoms with Crippen molar-refractivity contribution in [2.45, 2.75) is 32.4 Å². The van der Waals surface area contributed by atoms with Crippen LogP contribution in [0, 0.1) is 12.8 Å². The normalized spacial score (nSPS) is 23.1. The predicted molar refractivity (Wildman–Crippen MR) is 96.9 cm³/mol. The quantitative estimate of drug-likeness (QED) is 0.906. The lowest BCUT2D eigenvalue weighted by Gasteiger charge is -2.36. The number of methoxy groups -OCH3 is 1. The summed E-state index contributed by atoms with van der Waals surface area (Å²) in [4.78, 5) is 29.3. The highest BCUT2D eigenvalue weighted by Gasteiger charge is 2.37. The molecule has 0 spiro atoms. The van der Waals surface area contributed by atoms with Gasteiger partial charge in [-0.3, -0.25) is 9.69 Å². The van der Waals surface area contributed by atoms with Crippen molar-refractivity contribution in [3.05, 3.63) is 41.6 Å². The minimum absolute atomic E-state index is 0.0817. The zero-order valence-electron chi connectivity index (χ0n) is 15.3. The van der Waals surface area contributed by atoms with E-state index in [-0.39, 0.29) is 11.9 Å². The Labute approximate surface area is 153 Å². The number of fused-ring (bicyclic) bond motifs is 4. The molecule has 7 heteroatoms. The van der Waals surface area contributed by atoms with Crippen LogP contribution in [-0.4, -0.2) is 63.4 Å². The molecule has 0 radical (unpaired) electrons. The summed E-state index contributed by atoms with van der Waals surface area (Å²) in [5.41, 5.74) is 2.88. The molecule has 1 N–H and O–H groups in total. The Bertz CT molecular complexity index is 790. The number of rotatable bonds is 4. The molecule has 2 bridgehead atoms. The number of imidazole rings is 1. The van der Waals surface area contributed by atoms with E-state index in [0.29, 0.717) is 17.4 Å². The third kappa shape index (κ3) is 3.31. The molecule has 0 aliphatic carbocycles. The van der Waals surface area contributed by atoms with E-state index in [1.54, 1.807) is 31.8 Å². The number of amides is 1. The second kappa shape index (κ2) is 7.07. The molecule has 2 atom stereocenters. The maximum absolute atomic E-state index is 13.1. The fourth-order valence-electron chi connectivity index (χ4n) is 4.14. The topological polar surface area (TPSA) is 74.3 Å². The summed E-state index contributed by atoms with van der Waals surface area (Å²) < 4.78 is 5.17. The Morgan fingerprint density at radius 2 is 2.19 bits per heavy atom. The van der Waals surface area contributed by atoms with Gasteiger partial charge in [0.25, 0.3) is 5.91 Å². The molecule has 26 heavy (non-hydrogen) atoms. The molecule has 5 heterocycles. The van der Waals surface area contributed by atoms with Crippen molar-refractivity contribution in [2.75, 3.05) is 26.7 Å². The molecule has 5 rings (SSSR count). The van der Waals surface area contributed by atoms with Gasteiger partial charge in [0.15, 0.2) is 0 Å². The van der Waals surface area contributed by atoms with Crippen LogP contribution in [0.3, 0.4) is 0 Å². The Hall–Kier alpha value is -2.41. The van der Waals surface area contributed by atoms with Gasteiger partial charge in [0.1, 0.15) is 0 Å². The predicted octanol–water partition coefficient (Wildman–Crippen LogP) is 1.86. The zero-order valence-corrected chi connectivity index (χ0v) is 15.3. The van der Waals surface area contributed by atoms with Crippen LogP contribution in [0.25, 0.3) is 0 Å². The zero-order chi connectivity index (χ0) is 18.1. The van der Waals surface area contributed by atoms with E-state index in [1.165, 1.54) is 6.42 Å². The average molecular weight is 355 g/mol. The van der Waals surface area contributed by atoms with Crippen LogP contribution < -0.4 is 4.74 Å². The fourth-order valence-corrected chi connectivity index (χ4v) is 4.14. The number of piperidine rings is 1. The number of nitrogens with zero attached hydrogens (tertiary/aromatic N) is 4. The molecule has 138 valence electrons. The smallest absolute Gasteiger partial charge is 0.254 e. The van der Waals surface area contributed by atoms with E-state index >= 15 is 0 Å². The second-order valence-corrected chi connectivity index (χ2v) is 7.31. The van der Waals surface area contributed by atoms with Crippen molar-refractivity contribution in [2.24, 2.45) is 5.92 Å². The first kappa shape index (κ1) is 17.0. The number of aromatic amines is 1. The van der Waals surface area contributed by atoms with Gasteiger partial charge >= 0.3 is 0 Å². The van der Waals surface area contributed by atoms with Crippen LogP contribution in [0.1, 0.15) is 34.6 Å². The molecule has 2 aromatic rings. The summed E-state index contributed by atoms with van der Waals surface area (Å²) in [5.74, 6) is 1.07. The summed E-state index contributed by atoms with van der Waals surface area (Å²) in [6.45, 7) is 5.64. The van der Waals surface area contributed by atoms with Crippen LogP contribution in [0.4, 0.5) is 0 Å². The van der Waals surface area contributed by atoms with Crippen molar-refractivity contribution < 1.29 is 9.53 Å². The molecule has 7 nitrogen and oxygen atoms in total. The third-order valence-corrected chi connectivity index (χ3v) is 5.55. The van der Waals surface area contributed by atoms with Crippen LogP contribution in [0.15, 0.2) is 24.7 Å². The van der Waals surface area contributed by atoms with Crippen molar-refractivity contribution in [3.63, 3.8) is 0 Å². The number of H-pyrrole nitrogens is 1. The molecule has 3 aliphatic heterocycles. The number of carbonyl (C=O) groups is 1. The number of nitrogens with one attached hydrogen (secondary N) is 1. The summed E-state index contributed by atoms with van der Waals surface area (Å²) in [5, 5.41) is 0. The van der Waals surface area contributed by atoms with Crippen LogP contribution >= 0.6 is 0 Å². The Balaban J connectivity index is 1.51. The second-order valence-electron chi connectivity index (χ2n) is 7.31. The highest BCUT2D eigenvalue weighted by Crippen LogP contribution is 2.30. The summed E-state index contributed by atoms with van der Waals surface area (Å²) in [6.07, 6.45) is 5.64. The maximum Gasteiger partial charge on any atom is 0.254 e. The van der Waals surface area contributed by atoms with E-state index in [4.69, 9.17) is 4.74 Å². The number of hydrogen-bond acceptors (Lipinski definition) is 5. The maximum atomic E-state index is 13.1. The minimum atomic E-state index is 0.0817. The average Bonchev–Trinajstić information content (AvgIpc) is 2.88. The lowest BCUT2D eigenvalue weighted by molar-refractivity contribution is 0.0584. The van der Waals surface area contributed by atoms with Gasteiger partial charge in [-0.15, -0.1) is 0 Å². The van der Waals surface area contributed by atoms with E-state index < -0.39 is 0 Å². The Morgan fingerprint density at radius 1 is 1.31 bits per heavy atom. The van der Waals surface area contributed by atoms with Gasteiger partial charge in [-0.1, -0.05) is 0 Å². The number of ether oxygens (including phenoxy) is 1. The molecule has 0 saturated carbocycles. The number of aromatic nitrogens is 3. The van der Waals surface area contributed by atoms with Gasteiger partial charge in [-0.25, -0.2) is 9.97 Å². The fraction of sp³-hybridized carbons (Fsp3) is 0.526. The molecule has 2 aromatic heterocycles. The van der Waals surface area contributed by atoms with E-state index in [0.717, 1.165) is 44.0 Å². The highest BCUT2D eigenvalue weighted by atomic mass is 16.5. The van der Waals surface area contributed by atoms with Crippen LogP contribution in [0.2, 0.25) is 0 Å². The largest absolute Gasteiger partial charge is 0.481 e. The van der Waals surface area contributed by atoms with Crippen molar-refractivity contribution in [1.82, 2.24) is 24.8 Å². The molecule has 3 saturated heterocycles. The summed E-state index contributed by atoms with van der Waals surface area (Å²) in [6, 6.07) is 3.75. The van der Waals surface area contributed by atoms with E-state index in [9.17, 15) is 4.79 Å². The summed E-state index contributed by atoms with van der Waals surface area (Å²) in [7, 11) is 1.57. The number of carbonyl (C=O) groups excluding carboxylic acids is 1. The standard InChI is InChI=1S/C19H25N5O2/c1-13-17(22-12-21-13)11-23-8-14-3-4-16(10-23)24(9-14)19(25)15-5-6-20-18(7-15)26-2/h5-7,12,14,16H,3-4,8-11H2,1-2H3,(H,21,22)/t14-,16+/m0/s1. The lowest BCUT2D eigenvalue weighted by Crippen LogP contribution is -2.47. The van der Waals surface area contributed by atoms with Gasteiger partial charge in [-0.05, 0) is 31.7 Å². The first-order valence-electron chi connectivity index (χ1n) is 9.16. The van der Waals surface area contributed by atoms with Crippen molar-refractivity contribution in [1.29, 1.82) is 0 Å². The molecular weight excluding hydrogens is 330 g/mol. The first-order valence-corrected chi connectivity index (χ1v) is 9.16. The Kier molecular flexibility index (Phi) is 4.63. The van der Waals surface area contributed by atoms with E-state index in [2.05, 4.69) is 31.7 Å². The molecule has 1 amide bonds. The summed E-state index contributed by atoms with van der Waals surface area (Å²) >= 11 is 0. The Morgan fingerprint density at radius 3 is 2.96 bits per heavy atom. The molecule has 3 fully saturated rings. The lowest BCUT2D eigenvalue weighted by atomic mass is 9.94. The minimum Gasteiger partial charge on any atom is -0.481 e.